The highest BCUT2D eigenvalue weighted by Gasteiger charge is 2.23. The summed E-state index contributed by atoms with van der Waals surface area (Å²) in [6.45, 7) is 4.39. The van der Waals surface area contributed by atoms with Gasteiger partial charge in [-0.3, -0.25) is 14.9 Å². The normalized spacial score (nSPS) is 14.4. The monoisotopic (exact) mass is 448 g/mol. The summed E-state index contributed by atoms with van der Waals surface area (Å²) < 4.78 is 32.9. The van der Waals surface area contributed by atoms with Gasteiger partial charge >= 0.3 is 0 Å². The van der Waals surface area contributed by atoms with Crippen LogP contribution in [-0.4, -0.2) is 57.4 Å². The minimum Gasteiger partial charge on any atom is -0.495 e. The molecular weight excluding hydrogens is 424 g/mol. The molecule has 0 bridgehead atoms. The van der Waals surface area contributed by atoms with Crippen molar-refractivity contribution in [2.45, 2.75) is 18.4 Å². The average Bonchev–Trinajstić information content (AvgIpc) is 2.77. The van der Waals surface area contributed by atoms with Crippen molar-refractivity contribution in [3.05, 3.63) is 58.1 Å². The number of carbonyl (C=O) groups excluding carboxylic acids is 1. The topological polar surface area (TPSA) is 122 Å². The number of amides is 1. The van der Waals surface area contributed by atoms with Gasteiger partial charge < -0.3 is 14.5 Å². The third-order valence-corrected chi connectivity index (χ3v) is 6.56. The lowest BCUT2D eigenvalue weighted by Crippen LogP contribution is -2.48. The fraction of sp³-hybridized carbons (Fsp3) is 0.350. The van der Waals surface area contributed by atoms with Crippen LogP contribution < -0.4 is 14.4 Å². The molecule has 166 valence electrons. The zero-order valence-corrected chi connectivity index (χ0v) is 18.1. The molecule has 0 aromatic heterocycles. The smallest absolute Gasteiger partial charge is 0.271 e. The Hall–Kier alpha value is -3.18. The van der Waals surface area contributed by atoms with Crippen molar-refractivity contribution < 1.29 is 22.9 Å². The maximum Gasteiger partial charge on any atom is 0.271 e. The van der Waals surface area contributed by atoms with Crippen LogP contribution in [0.15, 0.2) is 47.4 Å². The number of nitrogens with one attached hydrogen (secondary N) is 1. The minimum atomic E-state index is -4.03. The number of non-ortho nitro benzene ring substituents is 1. The lowest BCUT2D eigenvalue weighted by molar-refractivity contribution is -0.385. The summed E-state index contributed by atoms with van der Waals surface area (Å²) >= 11 is 0. The fourth-order valence-electron chi connectivity index (χ4n) is 3.35. The number of carbonyl (C=O) groups is 1. The van der Waals surface area contributed by atoms with E-state index in [4.69, 9.17) is 4.74 Å². The number of sulfonamides is 1. The Bertz CT molecular complexity index is 1060. The second-order valence-electron chi connectivity index (χ2n) is 7.08. The van der Waals surface area contributed by atoms with Gasteiger partial charge in [-0.05, 0) is 23.8 Å². The van der Waals surface area contributed by atoms with Crippen LogP contribution in [0.25, 0.3) is 0 Å². The number of nitrogens with zero attached hydrogens (tertiary/aromatic N) is 3. The fourth-order valence-corrected chi connectivity index (χ4v) is 4.55. The van der Waals surface area contributed by atoms with Gasteiger partial charge in [0, 0.05) is 57.5 Å². The molecule has 0 atom stereocenters. The number of hydrogen-bond acceptors (Lipinski definition) is 7. The quantitative estimate of drug-likeness (QED) is 0.506. The molecule has 0 unspecified atom stereocenters. The summed E-state index contributed by atoms with van der Waals surface area (Å²) in [6, 6.07) is 10.9. The van der Waals surface area contributed by atoms with Crippen LogP contribution in [0, 0.1) is 10.1 Å². The van der Waals surface area contributed by atoms with Gasteiger partial charge in [0.05, 0.1) is 12.0 Å². The zero-order chi connectivity index (χ0) is 22.6. The van der Waals surface area contributed by atoms with Crippen molar-refractivity contribution in [2.24, 2.45) is 0 Å². The van der Waals surface area contributed by atoms with E-state index in [0.29, 0.717) is 13.1 Å². The molecule has 2 aromatic rings. The molecule has 3 rings (SSSR count). The molecular formula is C20H24N4O6S. The number of rotatable bonds is 7. The molecule has 0 spiro atoms. The van der Waals surface area contributed by atoms with Gasteiger partial charge in [-0.2, -0.15) is 0 Å². The molecule has 0 radical (unpaired) electrons. The Morgan fingerprint density at radius 1 is 1.13 bits per heavy atom. The van der Waals surface area contributed by atoms with Crippen LogP contribution in [0.2, 0.25) is 0 Å². The SMILES string of the molecule is COc1ccc([N+](=O)[O-])cc1S(=O)(=O)NCc1ccc(N2CCN(C(C)=O)CC2)cc1. The van der Waals surface area contributed by atoms with Crippen molar-refractivity contribution in [3.63, 3.8) is 0 Å². The van der Waals surface area contributed by atoms with Gasteiger partial charge in [0.1, 0.15) is 10.6 Å². The molecule has 10 nitrogen and oxygen atoms in total. The summed E-state index contributed by atoms with van der Waals surface area (Å²) in [4.78, 5) is 25.5. The number of benzene rings is 2. The summed E-state index contributed by atoms with van der Waals surface area (Å²) in [5.74, 6) is 0.0980. The first-order valence-corrected chi connectivity index (χ1v) is 11.1. The van der Waals surface area contributed by atoms with E-state index in [1.807, 2.05) is 29.2 Å². The van der Waals surface area contributed by atoms with Gasteiger partial charge in [-0.15, -0.1) is 0 Å². The van der Waals surface area contributed by atoms with Gasteiger partial charge in [-0.25, -0.2) is 13.1 Å². The molecule has 1 aliphatic rings. The molecule has 1 fully saturated rings. The first-order chi connectivity index (χ1) is 14.7. The van der Waals surface area contributed by atoms with Crippen LogP contribution in [-0.2, 0) is 21.4 Å². The number of piperazine rings is 1. The molecule has 0 saturated carbocycles. The largest absolute Gasteiger partial charge is 0.495 e. The van der Waals surface area contributed by atoms with E-state index in [1.165, 1.54) is 19.2 Å². The Morgan fingerprint density at radius 2 is 1.77 bits per heavy atom. The lowest BCUT2D eigenvalue weighted by atomic mass is 10.2. The van der Waals surface area contributed by atoms with Crippen LogP contribution in [0.5, 0.6) is 5.75 Å². The molecule has 0 aliphatic carbocycles. The van der Waals surface area contributed by atoms with Crippen molar-refractivity contribution in [2.75, 3.05) is 38.2 Å². The molecule has 1 aliphatic heterocycles. The molecule has 1 N–H and O–H groups in total. The molecule has 1 saturated heterocycles. The van der Waals surface area contributed by atoms with Crippen LogP contribution in [0.4, 0.5) is 11.4 Å². The van der Waals surface area contributed by atoms with Gasteiger partial charge in [-0.1, -0.05) is 12.1 Å². The van der Waals surface area contributed by atoms with E-state index in [2.05, 4.69) is 9.62 Å². The standard InChI is InChI=1S/C20H24N4O6S/c1-15(25)22-9-11-23(12-10-22)17-5-3-16(4-6-17)14-21-31(28,29)20-13-18(24(26)27)7-8-19(20)30-2/h3-8,13,21H,9-12,14H2,1-2H3. The summed E-state index contributed by atoms with van der Waals surface area (Å²) in [6.07, 6.45) is 0. The Balaban J connectivity index is 1.67. The number of methoxy groups -OCH3 is 1. The van der Waals surface area contributed by atoms with Crippen LogP contribution in [0.3, 0.4) is 0 Å². The molecule has 1 amide bonds. The maximum atomic E-state index is 12.7. The second kappa shape index (κ2) is 9.31. The highest BCUT2D eigenvalue weighted by atomic mass is 32.2. The summed E-state index contributed by atoms with van der Waals surface area (Å²) in [5.41, 5.74) is 1.39. The van der Waals surface area contributed by atoms with E-state index in [-0.39, 0.29) is 28.8 Å². The Morgan fingerprint density at radius 3 is 2.32 bits per heavy atom. The van der Waals surface area contributed by atoms with Gasteiger partial charge in [0.25, 0.3) is 5.69 Å². The van der Waals surface area contributed by atoms with Crippen LogP contribution in [0.1, 0.15) is 12.5 Å². The molecule has 1 heterocycles. The average molecular weight is 449 g/mol. The lowest BCUT2D eigenvalue weighted by Gasteiger charge is -2.35. The maximum absolute atomic E-state index is 12.7. The predicted octanol–water partition coefficient (Wildman–Crippen LogP) is 1.75. The predicted molar refractivity (Wildman–Crippen MR) is 115 cm³/mol. The van der Waals surface area contributed by atoms with Crippen molar-refractivity contribution in [3.8, 4) is 5.75 Å². The van der Waals surface area contributed by atoms with E-state index in [9.17, 15) is 23.3 Å². The minimum absolute atomic E-state index is 0.0204. The Kier molecular flexibility index (Phi) is 6.76. The summed E-state index contributed by atoms with van der Waals surface area (Å²) in [7, 11) is -2.73. The van der Waals surface area contributed by atoms with Crippen molar-refractivity contribution in [1.29, 1.82) is 0 Å². The highest BCUT2D eigenvalue weighted by molar-refractivity contribution is 7.89. The van der Waals surface area contributed by atoms with Gasteiger partial charge in [0.15, 0.2) is 0 Å². The molecule has 31 heavy (non-hydrogen) atoms. The zero-order valence-electron chi connectivity index (χ0n) is 17.3. The number of nitro groups is 1. The highest BCUT2D eigenvalue weighted by Crippen LogP contribution is 2.28. The van der Waals surface area contributed by atoms with E-state index in [0.717, 1.165) is 30.4 Å². The first kappa shape index (κ1) is 22.5. The number of nitro benzene ring substituents is 1. The first-order valence-electron chi connectivity index (χ1n) is 9.63. The third-order valence-electron chi connectivity index (χ3n) is 5.14. The molecule has 2 aromatic carbocycles. The number of hydrogen-bond donors (Lipinski definition) is 1. The van der Waals surface area contributed by atoms with E-state index >= 15 is 0 Å². The summed E-state index contributed by atoms with van der Waals surface area (Å²) in [5, 5.41) is 11.0. The second-order valence-corrected chi connectivity index (χ2v) is 8.81. The van der Waals surface area contributed by atoms with E-state index < -0.39 is 14.9 Å². The third kappa shape index (κ3) is 5.30. The number of ether oxygens (including phenoxy) is 1. The van der Waals surface area contributed by atoms with Gasteiger partial charge in [0.2, 0.25) is 15.9 Å². The van der Waals surface area contributed by atoms with E-state index in [1.54, 1.807) is 6.92 Å². The number of anilines is 1. The Labute approximate surface area is 180 Å². The van der Waals surface area contributed by atoms with Crippen molar-refractivity contribution in [1.82, 2.24) is 9.62 Å². The van der Waals surface area contributed by atoms with Crippen LogP contribution >= 0.6 is 0 Å². The molecule has 11 heteroatoms. The van der Waals surface area contributed by atoms with Crippen molar-refractivity contribution >= 4 is 27.3 Å².